The predicted octanol–water partition coefficient (Wildman–Crippen LogP) is 3.18. The Labute approximate surface area is 154 Å². The minimum Gasteiger partial charge on any atom is -0.874 e. The number of thiophene rings is 1. The standard InChI is InChI=1S/C20H17FN2O2S/c1-22(2)12-5-6-13(14(21)11-12)17-19(24)18(20(17)25)15-7-8-16(26-15)23-9-3-4-10-23/h3-11,18,24H,1-2H3/p-1. The maximum atomic E-state index is 14.4. The van der Waals surface area contributed by atoms with Gasteiger partial charge in [-0.3, -0.25) is 4.79 Å². The molecule has 0 fully saturated rings. The van der Waals surface area contributed by atoms with Gasteiger partial charge in [0.25, 0.3) is 0 Å². The normalized spacial score (nSPS) is 16.7. The van der Waals surface area contributed by atoms with Crippen LogP contribution < -0.4 is 10.0 Å². The van der Waals surface area contributed by atoms with E-state index in [9.17, 15) is 14.3 Å². The molecule has 1 atom stereocenters. The van der Waals surface area contributed by atoms with E-state index in [1.54, 1.807) is 31.1 Å². The molecule has 0 aliphatic heterocycles. The van der Waals surface area contributed by atoms with Gasteiger partial charge < -0.3 is 14.6 Å². The van der Waals surface area contributed by atoms with Crippen LogP contribution in [0.1, 0.15) is 16.4 Å². The molecule has 1 aromatic carbocycles. The fraction of sp³-hybridized carbons (Fsp3) is 0.150. The Morgan fingerprint density at radius 3 is 2.50 bits per heavy atom. The molecule has 1 aliphatic carbocycles. The number of rotatable bonds is 4. The van der Waals surface area contributed by atoms with E-state index in [1.807, 2.05) is 35.2 Å². The molecule has 0 saturated heterocycles. The van der Waals surface area contributed by atoms with Crippen molar-refractivity contribution in [1.29, 1.82) is 0 Å². The number of allylic oxidation sites excluding steroid dienone is 2. The van der Waals surface area contributed by atoms with Crippen LogP contribution in [0.4, 0.5) is 10.1 Å². The third-order valence-electron chi connectivity index (χ3n) is 4.51. The van der Waals surface area contributed by atoms with Gasteiger partial charge in [0.1, 0.15) is 5.82 Å². The van der Waals surface area contributed by atoms with E-state index in [-0.39, 0.29) is 22.7 Å². The average molecular weight is 367 g/mol. The van der Waals surface area contributed by atoms with Gasteiger partial charge in [0.15, 0.2) is 5.78 Å². The van der Waals surface area contributed by atoms with Crippen LogP contribution in [0.15, 0.2) is 60.6 Å². The molecule has 2 heterocycles. The van der Waals surface area contributed by atoms with Crippen molar-refractivity contribution in [2.24, 2.45) is 0 Å². The van der Waals surface area contributed by atoms with Crippen molar-refractivity contribution in [2.45, 2.75) is 5.92 Å². The van der Waals surface area contributed by atoms with Crippen LogP contribution in [-0.4, -0.2) is 24.4 Å². The molecule has 4 rings (SSSR count). The smallest absolute Gasteiger partial charge is 0.174 e. The number of Topliss-reactive ketones (excluding diaryl/α,β-unsaturated/α-hetero) is 1. The average Bonchev–Trinajstić information content (AvgIpc) is 3.28. The molecule has 0 radical (unpaired) electrons. The summed E-state index contributed by atoms with van der Waals surface area (Å²) >= 11 is 1.40. The van der Waals surface area contributed by atoms with Crippen molar-refractivity contribution >= 4 is 28.4 Å². The lowest BCUT2D eigenvalue weighted by molar-refractivity contribution is -0.309. The molecule has 0 bridgehead atoms. The Morgan fingerprint density at radius 2 is 1.88 bits per heavy atom. The van der Waals surface area contributed by atoms with Crippen molar-refractivity contribution < 1.29 is 14.3 Å². The summed E-state index contributed by atoms with van der Waals surface area (Å²) in [6.45, 7) is 0. The van der Waals surface area contributed by atoms with E-state index >= 15 is 0 Å². The van der Waals surface area contributed by atoms with Crippen molar-refractivity contribution in [3.05, 3.63) is 76.9 Å². The molecule has 3 aromatic rings. The van der Waals surface area contributed by atoms with E-state index in [0.29, 0.717) is 10.6 Å². The summed E-state index contributed by atoms with van der Waals surface area (Å²) in [5.41, 5.74) is 0.731. The Hall–Kier alpha value is -2.86. The molecule has 132 valence electrons. The summed E-state index contributed by atoms with van der Waals surface area (Å²) in [5, 5.41) is 13.5. The van der Waals surface area contributed by atoms with Gasteiger partial charge in [-0.05, 0) is 42.5 Å². The predicted molar refractivity (Wildman–Crippen MR) is 99.0 cm³/mol. The Kier molecular flexibility index (Phi) is 3.92. The molecular formula is C20H16FN2O2S-. The zero-order valence-electron chi connectivity index (χ0n) is 14.3. The van der Waals surface area contributed by atoms with Gasteiger partial charge >= 0.3 is 0 Å². The van der Waals surface area contributed by atoms with E-state index in [1.165, 1.54) is 23.5 Å². The summed E-state index contributed by atoms with van der Waals surface area (Å²) in [6.07, 6.45) is 3.80. The van der Waals surface area contributed by atoms with Crippen LogP contribution in [-0.2, 0) is 4.79 Å². The number of hydrogen-bond donors (Lipinski definition) is 0. The first kappa shape index (κ1) is 16.6. The molecule has 26 heavy (non-hydrogen) atoms. The number of anilines is 1. The number of nitrogens with zero attached hydrogens (tertiary/aromatic N) is 2. The number of hydrogen-bond acceptors (Lipinski definition) is 4. The highest BCUT2D eigenvalue weighted by atomic mass is 32.1. The van der Waals surface area contributed by atoms with Crippen LogP contribution >= 0.6 is 11.3 Å². The SMILES string of the molecule is CN(C)c1ccc(C2=C([O-])C(c3ccc(-n4cccc4)s3)C2=O)c(F)c1. The lowest BCUT2D eigenvalue weighted by Gasteiger charge is -2.36. The van der Waals surface area contributed by atoms with Crippen molar-refractivity contribution in [3.63, 3.8) is 0 Å². The maximum Gasteiger partial charge on any atom is 0.174 e. The second-order valence-corrected chi connectivity index (χ2v) is 7.46. The molecule has 0 spiro atoms. The van der Waals surface area contributed by atoms with Crippen molar-refractivity contribution in [2.75, 3.05) is 19.0 Å². The molecule has 0 saturated carbocycles. The Bertz CT molecular complexity index is 1020. The van der Waals surface area contributed by atoms with Crippen LogP contribution in [0, 0.1) is 5.82 Å². The van der Waals surface area contributed by atoms with Gasteiger partial charge in [-0.25, -0.2) is 4.39 Å². The number of halogens is 1. The van der Waals surface area contributed by atoms with E-state index in [0.717, 1.165) is 5.00 Å². The van der Waals surface area contributed by atoms with Gasteiger partial charge in [-0.1, -0.05) is 0 Å². The van der Waals surface area contributed by atoms with E-state index in [2.05, 4.69) is 0 Å². The van der Waals surface area contributed by atoms with Gasteiger partial charge in [-0.2, -0.15) is 0 Å². The summed E-state index contributed by atoms with van der Waals surface area (Å²) in [7, 11) is 3.60. The highest BCUT2D eigenvalue weighted by molar-refractivity contribution is 7.14. The third kappa shape index (κ3) is 2.54. The first-order valence-corrected chi connectivity index (χ1v) is 8.94. The monoisotopic (exact) mass is 367 g/mol. The zero-order chi connectivity index (χ0) is 18.4. The fourth-order valence-corrected chi connectivity index (χ4v) is 4.15. The Balaban J connectivity index is 1.67. The molecule has 4 nitrogen and oxygen atoms in total. The quantitative estimate of drug-likeness (QED) is 0.712. The topological polar surface area (TPSA) is 48.3 Å². The van der Waals surface area contributed by atoms with Crippen LogP contribution in [0.3, 0.4) is 0 Å². The van der Waals surface area contributed by atoms with Crippen LogP contribution in [0.2, 0.25) is 0 Å². The summed E-state index contributed by atoms with van der Waals surface area (Å²) in [4.78, 5) is 15.1. The molecule has 6 heteroatoms. The molecule has 0 N–H and O–H groups in total. The molecule has 1 aliphatic rings. The third-order valence-corrected chi connectivity index (χ3v) is 5.68. The van der Waals surface area contributed by atoms with Crippen LogP contribution in [0.5, 0.6) is 0 Å². The second kappa shape index (κ2) is 6.14. The summed E-state index contributed by atoms with van der Waals surface area (Å²) in [5.74, 6) is -1.99. The number of carbonyl (C=O) groups is 1. The van der Waals surface area contributed by atoms with Gasteiger partial charge in [-0.15, -0.1) is 17.1 Å². The lowest BCUT2D eigenvalue weighted by Crippen LogP contribution is -2.34. The highest BCUT2D eigenvalue weighted by Gasteiger charge is 2.37. The maximum absolute atomic E-state index is 14.4. The molecular weight excluding hydrogens is 351 g/mol. The molecule has 2 aromatic heterocycles. The first-order chi connectivity index (χ1) is 12.5. The first-order valence-electron chi connectivity index (χ1n) is 8.13. The highest BCUT2D eigenvalue weighted by Crippen LogP contribution is 2.44. The fourth-order valence-electron chi connectivity index (χ4n) is 3.08. The minimum atomic E-state index is -0.813. The van der Waals surface area contributed by atoms with Gasteiger partial charge in [0.05, 0.1) is 10.9 Å². The van der Waals surface area contributed by atoms with Gasteiger partial charge in [0.2, 0.25) is 0 Å². The summed E-state index contributed by atoms with van der Waals surface area (Å²) in [6, 6.07) is 12.0. The largest absolute Gasteiger partial charge is 0.874 e. The van der Waals surface area contributed by atoms with Crippen molar-refractivity contribution in [3.8, 4) is 5.00 Å². The van der Waals surface area contributed by atoms with E-state index in [4.69, 9.17) is 0 Å². The number of aromatic nitrogens is 1. The minimum absolute atomic E-state index is 0.0336. The Morgan fingerprint density at radius 1 is 1.15 bits per heavy atom. The van der Waals surface area contributed by atoms with E-state index < -0.39 is 11.7 Å². The number of benzene rings is 1. The van der Waals surface area contributed by atoms with Gasteiger partial charge in [0, 0.05) is 48.2 Å². The number of ketones is 1. The lowest BCUT2D eigenvalue weighted by atomic mass is 9.77. The molecule has 0 amide bonds. The molecule has 1 unspecified atom stereocenters. The summed E-state index contributed by atoms with van der Waals surface area (Å²) < 4.78 is 16.3. The van der Waals surface area contributed by atoms with Crippen molar-refractivity contribution in [1.82, 2.24) is 4.57 Å². The number of carbonyl (C=O) groups excluding carboxylic acids is 1. The van der Waals surface area contributed by atoms with Crippen LogP contribution in [0.25, 0.3) is 10.6 Å². The second-order valence-electron chi connectivity index (χ2n) is 6.36. The zero-order valence-corrected chi connectivity index (χ0v) is 15.1.